The lowest BCUT2D eigenvalue weighted by Crippen LogP contribution is -1.93. The quantitative estimate of drug-likeness (QED) is 0.779. The van der Waals surface area contributed by atoms with Gasteiger partial charge in [-0.15, -0.1) is 0 Å². The first-order chi connectivity index (χ1) is 6.90. The van der Waals surface area contributed by atoms with Crippen molar-refractivity contribution in [2.45, 2.75) is 0 Å². The fourth-order valence-electron chi connectivity index (χ4n) is 1.19. The highest BCUT2D eigenvalue weighted by Gasteiger charge is 1.98. The number of aromatic nitrogens is 2. The summed E-state index contributed by atoms with van der Waals surface area (Å²) in [5.74, 6) is 0.754. The summed E-state index contributed by atoms with van der Waals surface area (Å²) in [5.41, 5.74) is 1.96. The number of nitrogens with one attached hydrogen (secondary N) is 1. The molecule has 0 aliphatic rings. The maximum absolute atomic E-state index is 4.25. The van der Waals surface area contributed by atoms with Gasteiger partial charge in [0.2, 0.25) is 0 Å². The summed E-state index contributed by atoms with van der Waals surface area (Å²) < 4.78 is 0. The summed E-state index contributed by atoms with van der Waals surface area (Å²) in [6.45, 7) is 0. The molecule has 0 fully saturated rings. The predicted molar refractivity (Wildman–Crippen MR) is 57.0 cm³/mol. The van der Waals surface area contributed by atoms with Crippen molar-refractivity contribution < 1.29 is 0 Å². The Labute approximate surface area is 82.8 Å². The second-order valence-corrected chi connectivity index (χ2v) is 2.91. The van der Waals surface area contributed by atoms with Crippen LogP contribution in [0.15, 0.2) is 42.7 Å². The van der Waals surface area contributed by atoms with Crippen LogP contribution in [0, 0.1) is 0 Å². The molecule has 3 heteroatoms. The molecule has 0 aliphatic carbocycles. The number of hydrogen-bond acceptors (Lipinski definition) is 3. The van der Waals surface area contributed by atoms with Gasteiger partial charge in [0, 0.05) is 12.6 Å². The molecule has 70 valence electrons. The topological polar surface area (TPSA) is 37.8 Å². The normalized spacial score (nSPS) is 9.79. The van der Waals surface area contributed by atoms with Gasteiger partial charge < -0.3 is 5.32 Å². The molecule has 1 aromatic carbocycles. The van der Waals surface area contributed by atoms with Crippen molar-refractivity contribution in [2.24, 2.45) is 0 Å². The lowest BCUT2D eigenvalue weighted by atomic mass is 10.2. The Hall–Kier alpha value is -1.90. The highest BCUT2D eigenvalue weighted by atomic mass is 14.9. The highest BCUT2D eigenvalue weighted by Crippen LogP contribution is 2.14. The van der Waals surface area contributed by atoms with E-state index in [4.69, 9.17) is 0 Å². The van der Waals surface area contributed by atoms with Crippen LogP contribution in [0.25, 0.3) is 11.4 Å². The molecule has 0 spiro atoms. The van der Waals surface area contributed by atoms with Crippen LogP contribution in [0.2, 0.25) is 0 Å². The molecule has 0 saturated carbocycles. The molecule has 2 aromatic rings. The minimum absolute atomic E-state index is 0.754. The van der Waals surface area contributed by atoms with E-state index in [1.807, 2.05) is 37.4 Å². The van der Waals surface area contributed by atoms with E-state index in [9.17, 15) is 0 Å². The van der Waals surface area contributed by atoms with E-state index < -0.39 is 0 Å². The maximum Gasteiger partial charge on any atom is 0.159 e. The molecule has 1 heterocycles. The van der Waals surface area contributed by atoms with Gasteiger partial charge in [-0.05, 0) is 0 Å². The summed E-state index contributed by atoms with van der Waals surface area (Å²) in [5, 5.41) is 2.98. The Morgan fingerprint density at radius 2 is 1.64 bits per heavy atom. The molecule has 3 nitrogen and oxygen atoms in total. The first-order valence-corrected chi connectivity index (χ1v) is 4.45. The molecule has 0 unspecified atom stereocenters. The first kappa shape index (κ1) is 8.69. The van der Waals surface area contributed by atoms with Crippen molar-refractivity contribution in [2.75, 3.05) is 12.4 Å². The van der Waals surface area contributed by atoms with Crippen molar-refractivity contribution in [3.05, 3.63) is 42.7 Å². The Morgan fingerprint density at radius 1 is 1.00 bits per heavy atom. The van der Waals surface area contributed by atoms with Crippen LogP contribution in [0.1, 0.15) is 0 Å². The third kappa shape index (κ3) is 1.71. The van der Waals surface area contributed by atoms with E-state index >= 15 is 0 Å². The fraction of sp³-hybridized carbons (Fsp3) is 0.0909. The molecular formula is C11H11N3. The van der Waals surface area contributed by atoms with Crippen LogP contribution in [-0.4, -0.2) is 17.0 Å². The third-order valence-electron chi connectivity index (χ3n) is 1.97. The summed E-state index contributed by atoms with van der Waals surface area (Å²) in [6, 6.07) is 9.92. The van der Waals surface area contributed by atoms with Gasteiger partial charge in [-0.1, -0.05) is 30.3 Å². The smallest absolute Gasteiger partial charge is 0.159 e. The molecule has 0 bridgehead atoms. The van der Waals surface area contributed by atoms with Crippen LogP contribution in [0.5, 0.6) is 0 Å². The lowest BCUT2D eigenvalue weighted by Gasteiger charge is -2.01. The molecule has 0 radical (unpaired) electrons. The Morgan fingerprint density at radius 3 is 2.21 bits per heavy atom. The Balaban J connectivity index is 2.34. The highest BCUT2D eigenvalue weighted by molar-refractivity contribution is 5.55. The molecule has 0 amide bonds. The molecule has 0 atom stereocenters. The van der Waals surface area contributed by atoms with Crippen LogP contribution in [-0.2, 0) is 0 Å². The molecule has 14 heavy (non-hydrogen) atoms. The molecule has 1 aromatic heterocycles. The third-order valence-corrected chi connectivity index (χ3v) is 1.97. The number of benzene rings is 1. The summed E-state index contributed by atoms with van der Waals surface area (Å²) in [4.78, 5) is 8.49. The van der Waals surface area contributed by atoms with E-state index in [0.717, 1.165) is 17.1 Å². The summed E-state index contributed by atoms with van der Waals surface area (Å²) in [7, 11) is 1.85. The number of hydrogen-bond donors (Lipinski definition) is 1. The van der Waals surface area contributed by atoms with Crippen molar-refractivity contribution in [1.82, 2.24) is 9.97 Å². The second kappa shape index (κ2) is 3.87. The number of anilines is 1. The van der Waals surface area contributed by atoms with E-state index in [1.165, 1.54) is 0 Å². The molecule has 1 N–H and O–H groups in total. The van der Waals surface area contributed by atoms with Crippen LogP contribution in [0.4, 0.5) is 5.69 Å². The second-order valence-electron chi connectivity index (χ2n) is 2.91. The van der Waals surface area contributed by atoms with Gasteiger partial charge >= 0.3 is 0 Å². The zero-order valence-electron chi connectivity index (χ0n) is 7.94. The minimum atomic E-state index is 0.754. The van der Waals surface area contributed by atoms with Crippen molar-refractivity contribution >= 4 is 5.69 Å². The molecule has 0 saturated heterocycles. The zero-order chi connectivity index (χ0) is 9.80. The van der Waals surface area contributed by atoms with Crippen molar-refractivity contribution in [3.8, 4) is 11.4 Å². The summed E-state index contributed by atoms with van der Waals surface area (Å²) >= 11 is 0. The molecule has 2 rings (SSSR count). The van der Waals surface area contributed by atoms with E-state index in [1.54, 1.807) is 12.4 Å². The van der Waals surface area contributed by atoms with E-state index in [-0.39, 0.29) is 0 Å². The van der Waals surface area contributed by atoms with Gasteiger partial charge in [-0.2, -0.15) is 0 Å². The standard InChI is InChI=1S/C11H11N3/c1-12-10-7-13-11(14-8-10)9-5-3-2-4-6-9/h2-8,12H,1H3. The lowest BCUT2D eigenvalue weighted by molar-refractivity contribution is 1.17. The number of rotatable bonds is 2. The Kier molecular flexibility index (Phi) is 2.40. The number of nitrogens with zero attached hydrogens (tertiary/aromatic N) is 2. The van der Waals surface area contributed by atoms with Crippen LogP contribution >= 0.6 is 0 Å². The zero-order valence-corrected chi connectivity index (χ0v) is 7.94. The van der Waals surface area contributed by atoms with Gasteiger partial charge in [0.15, 0.2) is 5.82 Å². The van der Waals surface area contributed by atoms with Gasteiger partial charge in [-0.3, -0.25) is 0 Å². The molecular weight excluding hydrogens is 174 g/mol. The van der Waals surface area contributed by atoms with Crippen molar-refractivity contribution in [1.29, 1.82) is 0 Å². The van der Waals surface area contributed by atoms with Gasteiger partial charge in [0.05, 0.1) is 18.1 Å². The Bertz CT molecular complexity index is 395. The minimum Gasteiger partial charge on any atom is -0.386 e. The monoisotopic (exact) mass is 185 g/mol. The van der Waals surface area contributed by atoms with E-state index in [2.05, 4.69) is 15.3 Å². The average Bonchev–Trinajstić information content (AvgIpc) is 2.30. The van der Waals surface area contributed by atoms with Crippen molar-refractivity contribution in [3.63, 3.8) is 0 Å². The van der Waals surface area contributed by atoms with Crippen LogP contribution < -0.4 is 5.32 Å². The first-order valence-electron chi connectivity index (χ1n) is 4.45. The fourth-order valence-corrected chi connectivity index (χ4v) is 1.19. The van der Waals surface area contributed by atoms with Gasteiger partial charge in [-0.25, -0.2) is 9.97 Å². The summed E-state index contributed by atoms with van der Waals surface area (Å²) in [6.07, 6.45) is 3.55. The van der Waals surface area contributed by atoms with Gasteiger partial charge in [0.1, 0.15) is 0 Å². The average molecular weight is 185 g/mol. The van der Waals surface area contributed by atoms with Gasteiger partial charge in [0.25, 0.3) is 0 Å². The largest absolute Gasteiger partial charge is 0.386 e. The predicted octanol–water partition coefficient (Wildman–Crippen LogP) is 2.19. The van der Waals surface area contributed by atoms with E-state index in [0.29, 0.717) is 0 Å². The maximum atomic E-state index is 4.25. The van der Waals surface area contributed by atoms with Crippen LogP contribution in [0.3, 0.4) is 0 Å². The molecule has 0 aliphatic heterocycles. The SMILES string of the molecule is CNc1cnc(-c2ccccc2)nc1.